The van der Waals surface area contributed by atoms with E-state index in [1.165, 1.54) is 0 Å². The van der Waals surface area contributed by atoms with E-state index in [1.807, 2.05) is 20.8 Å². The zero-order valence-corrected chi connectivity index (χ0v) is 11.8. The molecule has 0 fully saturated rings. The molecule has 1 amide bonds. The highest BCUT2D eigenvalue weighted by atomic mass is 16.5. The van der Waals surface area contributed by atoms with E-state index >= 15 is 0 Å². The third-order valence-electron chi connectivity index (χ3n) is 2.33. The molecule has 0 aliphatic rings. The van der Waals surface area contributed by atoms with E-state index < -0.39 is 0 Å². The highest BCUT2D eigenvalue weighted by molar-refractivity contribution is 6.03. The molecule has 0 aliphatic heterocycles. The molecule has 2 rings (SSSR count). The number of hydrogen-bond acceptors (Lipinski definition) is 4. The van der Waals surface area contributed by atoms with E-state index in [-0.39, 0.29) is 17.5 Å². The minimum Gasteiger partial charge on any atom is -0.488 e. The molecule has 0 saturated heterocycles. The van der Waals surface area contributed by atoms with Gasteiger partial charge in [0.1, 0.15) is 11.4 Å². The lowest BCUT2D eigenvalue weighted by Gasteiger charge is -2.21. The van der Waals surface area contributed by atoms with Crippen molar-refractivity contribution < 1.29 is 9.53 Å². The van der Waals surface area contributed by atoms with Crippen LogP contribution in [0.5, 0.6) is 5.75 Å². The van der Waals surface area contributed by atoms with Gasteiger partial charge in [0.2, 0.25) is 5.95 Å². The first-order valence-corrected chi connectivity index (χ1v) is 6.31. The van der Waals surface area contributed by atoms with Crippen LogP contribution in [-0.2, 0) is 0 Å². The van der Waals surface area contributed by atoms with Gasteiger partial charge in [-0.2, -0.15) is 0 Å². The van der Waals surface area contributed by atoms with Gasteiger partial charge in [-0.15, -0.1) is 0 Å². The average molecular weight is 271 g/mol. The van der Waals surface area contributed by atoms with Crippen LogP contribution in [0, 0.1) is 0 Å². The Bertz CT molecular complexity index is 574. The van der Waals surface area contributed by atoms with Gasteiger partial charge in [-0.25, -0.2) is 9.97 Å². The maximum absolute atomic E-state index is 12.0. The molecule has 20 heavy (non-hydrogen) atoms. The van der Waals surface area contributed by atoms with Crippen LogP contribution in [0.3, 0.4) is 0 Å². The number of amides is 1. The second-order valence-corrected chi connectivity index (χ2v) is 5.27. The van der Waals surface area contributed by atoms with Gasteiger partial charge < -0.3 is 4.74 Å². The normalized spacial score (nSPS) is 10.9. The molecule has 0 radical (unpaired) electrons. The Morgan fingerprint density at radius 2 is 1.70 bits per heavy atom. The van der Waals surface area contributed by atoms with Crippen LogP contribution in [0.4, 0.5) is 5.95 Å². The fourth-order valence-electron chi connectivity index (χ4n) is 1.57. The van der Waals surface area contributed by atoms with Gasteiger partial charge in [0, 0.05) is 18.0 Å². The second-order valence-electron chi connectivity index (χ2n) is 5.27. The van der Waals surface area contributed by atoms with Crippen molar-refractivity contribution in [2.24, 2.45) is 0 Å². The molecule has 0 unspecified atom stereocenters. The van der Waals surface area contributed by atoms with Crippen LogP contribution < -0.4 is 10.1 Å². The SMILES string of the molecule is CC(C)(C)Oc1ccc(C(=O)Nc2ncccn2)cc1. The van der Waals surface area contributed by atoms with E-state index in [1.54, 1.807) is 42.7 Å². The van der Waals surface area contributed by atoms with Crippen LogP contribution in [0.2, 0.25) is 0 Å². The van der Waals surface area contributed by atoms with Gasteiger partial charge in [-0.05, 0) is 51.1 Å². The minimum atomic E-state index is -0.262. The van der Waals surface area contributed by atoms with Crippen molar-refractivity contribution >= 4 is 11.9 Å². The fraction of sp³-hybridized carbons (Fsp3) is 0.267. The highest BCUT2D eigenvalue weighted by Crippen LogP contribution is 2.18. The van der Waals surface area contributed by atoms with E-state index in [2.05, 4.69) is 15.3 Å². The maximum Gasteiger partial charge on any atom is 0.258 e. The summed E-state index contributed by atoms with van der Waals surface area (Å²) >= 11 is 0. The summed E-state index contributed by atoms with van der Waals surface area (Å²) in [4.78, 5) is 19.9. The van der Waals surface area contributed by atoms with Crippen LogP contribution in [-0.4, -0.2) is 21.5 Å². The molecule has 0 aliphatic carbocycles. The summed E-state index contributed by atoms with van der Waals surface area (Å²) < 4.78 is 5.70. The predicted molar refractivity (Wildman–Crippen MR) is 76.8 cm³/mol. The summed E-state index contributed by atoms with van der Waals surface area (Å²) in [5.74, 6) is 0.760. The summed E-state index contributed by atoms with van der Waals surface area (Å²) in [6.07, 6.45) is 3.14. The molecule has 2 aromatic rings. The molecule has 104 valence electrons. The Balaban J connectivity index is 2.04. The Morgan fingerprint density at radius 1 is 1.10 bits per heavy atom. The Kier molecular flexibility index (Phi) is 3.98. The van der Waals surface area contributed by atoms with Crippen molar-refractivity contribution in [1.82, 2.24) is 9.97 Å². The Labute approximate surface area is 118 Å². The molecule has 0 saturated carbocycles. The number of rotatable bonds is 3. The number of benzene rings is 1. The molecule has 5 nitrogen and oxygen atoms in total. The number of carbonyl (C=O) groups excluding carboxylic acids is 1. The first-order chi connectivity index (χ1) is 9.44. The fourth-order valence-corrected chi connectivity index (χ4v) is 1.57. The summed E-state index contributed by atoms with van der Waals surface area (Å²) in [5.41, 5.74) is 0.264. The average Bonchev–Trinajstić information content (AvgIpc) is 2.39. The van der Waals surface area contributed by atoms with Gasteiger partial charge >= 0.3 is 0 Å². The van der Waals surface area contributed by atoms with Crippen LogP contribution in [0.15, 0.2) is 42.7 Å². The standard InChI is InChI=1S/C15H17N3O2/c1-15(2,3)20-12-7-5-11(6-8-12)13(19)18-14-16-9-4-10-17-14/h4-10H,1-3H3,(H,16,17,18,19). The number of hydrogen-bond donors (Lipinski definition) is 1. The molecule has 1 aromatic carbocycles. The quantitative estimate of drug-likeness (QED) is 0.932. The molecule has 0 spiro atoms. The van der Waals surface area contributed by atoms with Crippen LogP contribution in [0.25, 0.3) is 0 Å². The highest BCUT2D eigenvalue weighted by Gasteiger charge is 2.12. The summed E-state index contributed by atoms with van der Waals surface area (Å²) in [6.45, 7) is 5.92. The van der Waals surface area contributed by atoms with Gasteiger partial charge in [-0.3, -0.25) is 10.1 Å². The van der Waals surface area contributed by atoms with Gasteiger partial charge in [0.25, 0.3) is 5.91 Å². The molecule has 1 heterocycles. The lowest BCUT2D eigenvalue weighted by atomic mass is 10.1. The van der Waals surface area contributed by atoms with E-state index in [0.717, 1.165) is 5.75 Å². The van der Waals surface area contributed by atoms with E-state index in [4.69, 9.17) is 4.74 Å². The van der Waals surface area contributed by atoms with Crippen molar-refractivity contribution in [2.45, 2.75) is 26.4 Å². The van der Waals surface area contributed by atoms with Crippen molar-refractivity contribution in [3.63, 3.8) is 0 Å². The van der Waals surface area contributed by atoms with Gasteiger partial charge in [-0.1, -0.05) is 0 Å². The molecule has 1 N–H and O–H groups in total. The van der Waals surface area contributed by atoms with Crippen molar-refractivity contribution in [3.8, 4) is 5.75 Å². The lowest BCUT2D eigenvalue weighted by Crippen LogP contribution is -2.23. The first-order valence-electron chi connectivity index (χ1n) is 6.31. The molecule has 5 heteroatoms. The number of carbonyl (C=O) groups is 1. The third-order valence-corrected chi connectivity index (χ3v) is 2.33. The number of nitrogens with one attached hydrogen (secondary N) is 1. The predicted octanol–water partition coefficient (Wildman–Crippen LogP) is 2.91. The summed E-state index contributed by atoms with van der Waals surface area (Å²) in [7, 11) is 0. The number of nitrogens with zero attached hydrogens (tertiary/aromatic N) is 2. The van der Waals surface area contributed by atoms with Crippen molar-refractivity contribution in [1.29, 1.82) is 0 Å². The van der Waals surface area contributed by atoms with Gasteiger partial charge in [0.05, 0.1) is 0 Å². The zero-order chi connectivity index (χ0) is 14.6. The first kappa shape index (κ1) is 14.0. The molecule has 0 atom stereocenters. The maximum atomic E-state index is 12.0. The molecular weight excluding hydrogens is 254 g/mol. The third kappa shape index (κ3) is 4.05. The van der Waals surface area contributed by atoms with Gasteiger partial charge in [0.15, 0.2) is 0 Å². The number of ether oxygens (including phenoxy) is 1. The van der Waals surface area contributed by atoms with Crippen molar-refractivity contribution in [2.75, 3.05) is 5.32 Å². The van der Waals surface area contributed by atoms with E-state index in [0.29, 0.717) is 5.56 Å². The Morgan fingerprint density at radius 3 is 2.25 bits per heavy atom. The molecular formula is C15H17N3O2. The smallest absolute Gasteiger partial charge is 0.258 e. The van der Waals surface area contributed by atoms with Crippen LogP contribution in [0.1, 0.15) is 31.1 Å². The van der Waals surface area contributed by atoms with Crippen molar-refractivity contribution in [3.05, 3.63) is 48.3 Å². The second kappa shape index (κ2) is 5.69. The molecule has 1 aromatic heterocycles. The monoisotopic (exact) mass is 271 g/mol. The summed E-state index contributed by atoms with van der Waals surface area (Å²) in [6, 6.07) is 8.64. The van der Waals surface area contributed by atoms with Crippen LogP contribution >= 0.6 is 0 Å². The summed E-state index contributed by atoms with van der Waals surface area (Å²) in [5, 5.41) is 2.62. The Hall–Kier alpha value is -2.43. The lowest BCUT2D eigenvalue weighted by molar-refractivity contribution is 0.102. The molecule has 0 bridgehead atoms. The largest absolute Gasteiger partial charge is 0.488 e. The minimum absolute atomic E-state index is 0.251. The number of aromatic nitrogens is 2. The van der Waals surface area contributed by atoms with E-state index in [9.17, 15) is 4.79 Å². The topological polar surface area (TPSA) is 64.1 Å². The number of anilines is 1. The zero-order valence-electron chi connectivity index (χ0n) is 11.8.